The van der Waals surface area contributed by atoms with Crippen LogP contribution in [0.2, 0.25) is 0 Å². The molecule has 0 saturated carbocycles. The van der Waals surface area contributed by atoms with Gasteiger partial charge in [0, 0.05) is 23.9 Å². The number of nitrogens with two attached hydrogens (primary N) is 1. The SMILES string of the molecule is Cc1cc(C(N)C2CCc3cccnc32)ccc1F. The van der Waals surface area contributed by atoms with E-state index in [0.29, 0.717) is 5.56 Å². The monoisotopic (exact) mass is 256 g/mol. The third-order valence-electron chi connectivity index (χ3n) is 4.00. The Kier molecular flexibility index (Phi) is 3.07. The molecule has 2 unspecified atom stereocenters. The summed E-state index contributed by atoms with van der Waals surface area (Å²) in [6.45, 7) is 1.77. The molecule has 1 aliphatic carbocycles. The second-order valence-electron chi connectivity index (χ2n) is 5.23. The Labute approximate surface area is 112 Å². The van der Waals surface area contributed by atoms with E-state index >= 15 is 0 Å². The molecule has 0 spiro atoms. The maximum absolute atomic E-state index is 13.3. The summed E-state index contributed by atoms with van der Waals surface area (Å²) in [6.07, 6.45) is 3.87. The van der Waals surface area contributed by atoms with Crippen molar-refractivity contribution in [2.45, 2.75) is 31.7 Å². The van der Waals surface area contributed by atoms with Crippen LogP contribution in [0, 0.1) is 12.7 Å². The minimum atomic E-state index is -0.180. The van der Waals surface area contributed by atoms with Crippen LogP contribution in [0.25, 0.3) is 0 Å². The van der Waals surface area contributed by atoms with E-state index in [2.05, 4.69) is 11.1 Å². The van der Waals surface area contributed by atoms with Crippen molar-refractivity contribution < 1.29 is 4.39 Å². The molecule has 0 saturated heterocycles. The van der Waals surface area contributed by atoms with Gasteiger partial charge < -0.3 is 5.73 Å². The van der Waals surface area contributed by atoms with Gasteiger partial charge in [0.1, 0.15) is 5.82 Å². The first-order valence-corrected chi connectivity index (χ1v) is 6.62. The largest absolute Gasteiger partial charge is 0.323 e. The van der Waals surface area contributed by atoms with Crippen LogP contribution in [0.3, 0.4) is 0 Å². The molecule has 1 aliphatic rings. The third-order valence-corrected chi connectivity index (χ3v) is 4.00. The molecule has 3 heteroatoms. The number of benzene rings is 1. The molecule has 1 heterocycles. The first-order chi connectivity index (χ1) is 9.16. The lowest BCUT2D eigenvalue weighted by Gasteiger charge is -2.20. The van der Waals surface area contributed by atoms with Gasteiger partial charge in [-0.25, -0.2) is 4.39 Å². The lowest BCUT2D eigenvalue weighted by atomic mass is 9.91. The second kappa shape index (κ2) is 4.74. The van der Waals surface area contributed by atoms with Crippen molar-refractivity contribution in [2.75, 3.05) is 0 Å². The third kappa shape index (κ3) is 2.15. The van der Waals surface area contributed by atoms with E-state index in [-0.39, 0.29) is 17.8 Å². The Bertz CT molecular complexity index is 609. The summed E-state index contributed by atoms with van der Waals surface area (Å²) in [5, 5.41) is 0. The van der Waals surface area contributed by atoms with Crippen molar-refractivity contribution in [1.29, 1.82) is 0 Å². The highest BCUT2D eigenvalue weighted by molar-refractivity contribution is 5.34. The number of aromatic nitrogens is 1. The van der Waals surface area contributed by atoms with Crippen molar-refractivity contribution >= 4 is 0 Å². The van der Waals surface area contributed by atoms with Gasteiger partial charge in [-0.15, -0.1) is 0 Å². The standard InChI is InChI=1S/C16H17FN2/c1-10-9-12(5-7-14(10)17)15(18)13-6-4-11-3-2-8-19-16(11)13/h2-3,5,7-9,13,15H,4,6,18H2,1H3. The van der Waals surface area contributed by atoms with Gasteiger partial charge in [-0.1, -0.05) is 18.2 Å². The molecule has 1 aromatic heterocycles. The molecule has 3 rings (SSSR count). The topological polar surface area (TPSA) is 38.9 Å². The molecule has 0 fully saturated rings. The lowest BCUT2D eigenvalue weighted by molar-refractivity contribution is 0.538. The van der Waals surface area contributed by atoms with Gasteiger partial charge in [-0.3, -0.25) is 4.98 Å². The zero-order valence-electron chi connectivity index (χ0n) is 10.9. The first-order valence-electron chi connectivity index (χ1n) is 6.62. The van der Waals surface area contributed by atoms with Gasteiger partial charge in [-0.2, -0.15) is 0 Å². The smallest absolute Gasteiger partial charge is 0.126 e. The number of nitrogens with zero attached hydrogens (tertiary/aromatic N) is 1. The molecule has 0 amide bonds. The molecule has 1 aromatic carbocycles. The number of aryl methyl sites for hydroxylation is 2. The summed E-state index contributed by atoms with van der Waals surface area (Å²) in [7, 11) is 0. The summed E-state index contributed by atoms with van der Waals surface area (Å²) in [5.41, 5.74) is 10.4. The minimum Gasteiger partial charge on any atom is -0.323 e. The molecular weight excluding hydrogens is 239 g/mol. The molecule has 2 N–H and O–H groups in total. The fraction of sp³-hybridized carbons (Fsp3) is 0.312. The van der Waals surface area contributed by atoms with Gasteiger partial charge in [0.05, 0.1) is 0 Å². The van der Waals surface area contributed by atoms with Crippen LogP contribution in [-0.4, -0.2) is 4.98 Å². The van der Waals surface area contributed by atoms with Gasteiger partial charge in [0.25, 0.3) is 0 Å². The fourth-order valence-corrected chi connectivity index (χ4v) is 2.90. The van der Waals surface area contributed by atoms with E-state index < -0.39 is 0 Å². The van der Waals surface area contributed by atoms with E-state index in [0.717, 1.165) is 24.1 Å². The first kappa shape index (κ1) is 12.3. The number of rotatable bonds is 2. The molecule has 2 aromatic rings. The van der Waals surface area contributed by atoms with Crippen LogP contribution in [0.4, 0.5) is 4.39 Å². The average Bonchev–Trinajstić information content (AvgIpc) is 2.85. The van der Waals surface area contributed by atoms with Crippen LogP contribution in [0.5, 0.6) is 0 Å². The highest BCUT2D eigenvalue weighted by atomic mass is 19.1. The summed E-state index contributed by atoms with van der Waals surface area (Å²) in [5.74, 6) is 0.0574. The number of hydrogen-bond acceptors (Lipinski definition) is 2. The zero-order chi connectivity index (χ0) is 13.4. The van der Waals surface area contributed by atoms with Gasteiger partial charge in [0.2, 0.25) is 0 Å². The molecule has 2 nitrogen and oxygen atoms in total. The number of fused-ring (bicyclic) bond motifs is 1. The maximum atomic E-state index is 13.3. The molecule has 19 heavy (non-hydrogen) atoms. The molecule has 0 radical (unpaired) electrons. The van der Waals surface area contributed by atoms with Crippen molar-refractivity contribution in [3.63, 3.8) is 0 Å². The Balaban J connectivity index is 1.93. The predicted octanol–water partition coefficient (Wildman–Crippen LogP) is 3.26. The Morgan fingerprint density at radius 2 is 2.21 bits per heavy atom. The van der Waals surface area contributed by atoms with Crippen LogP contribution in [-0.2, 0) is 6.42 Å². The average molecular weight is 256 g/mol. The highest BCUT2D eigenvalue weighted by Crippen LogP contribution is 2.39. The lowest BCUT2D eigenvalue weighted by Crippen LogP contribution is -2.19. The molecule has 0 bridgehead atoms. The summed E-state index contributed by atoms with van der Waals surface area (Å²) >= 11 is 0. The summed E-state index contributed by atoms with van der Waals surface area (Å²) in [4.78, 5) is 4.47. The number of pyridine rings is 1. The van der Waals surface area contributed by atoms with E-state index in [9.17, 15) is 4.39 Å². The Hall–Kier alpha value is -1.74. The van der Waals surface area contributed by atoms with Gasteiger partial charge in [-0.05, 0) is 48.6 Å². The van der Waals surface area contributed by atoms with Crippen molar-refractivity contribution in [2.24, 2.45) is 5.73 Å². The maximum Gasteiger partial charge on any atom is 0.126 e. The van der Waals surface area contributed by atoms with E-state index in [4.69, 9.17) is 5.73 Å². The predicted molar refractivity (Wildman–Crippen MR) is 73.4 cm³/mol. The quantitative estimate of drug-likeness (QED) is 0.895. The highest BCUT2D eigenvalue weighted by Gasteiger charge is 2.29. The van der Waals surface area contributed by atoms with Crippen LogP contribution in [0.1, 0.15) is 40.8 Å². The van der Waals surface area contributed by atoms with E-state index in [1.54, 1.807) is 13.0 Å². The van der Waals surface area contributed by atoms with Crippen molar-refractivity contribution in [3.8, 4) is 0 Å². The number of hydrogen-bond donors (Lipinski definition) is 1. The van der Waals surface area contributed by atoms with Crippen molar-refractivity contribution in [3.05, 3.63) is 64.7 Å². The van der Waals surface area contributed by atoms with E-state index in [1.807, 2.05) is 18.3 Å². The Morgan fingerprint density at radius 1 is 1.37 bits per heavy atom. The second-order valence-corrected chi connectivity index (χ2v) is 5.23. The Morgan fingerprint density at radius 3 is 3.00 bits per heavy atom. The molecule has 0 aliphatic heterocycles. The van der Waals surface area contributed by atoms with Gasteiger partial charge >= 0.3 is 0 Å². The fourth-order valence-electron chi connectivity index (χ4n) is 2.90. The van der Waals surface area contributed by atoms with Gasteiger partial charge in [0.15, 0.2) is 0 Å². The van der Waals surface area contributed by atoms with Crippen LogP contribution in [0.15, 0.2) is 36.5 Å². The summed E-state index contributed by atoms with van der Waals surface area (Å²) < 4.78 is 13.3. The molecular formula is C16H17FN2. The zero-order valence-corrected chi connectivity index (χ0v) is 10.9. The molecule has 2 atom stereocenters. The number of halogens is 1. The molecule has 98 valence electrons. The van der Waals surface area contributed by atoms with Crippen molar-refractivity contribution in [1.82, 2.24) is 4.98 Å². The summed E-state index contributed by atoms with van der Waals surface area (Å²) in [6, 6.07) is 9.10. The van der Waals surface area contributed by atoms with E-state index in [1.165, 1.54) is 11.6 Å². The normalized spacial score (nSPS) is 19.2. The van der Waals surface area contributed by atoms with Crippen LogP contribution < -0.4 is 5.73 Å². The van der Waals surface area contributed by atoms with Crippen LogP contribution >= 0.6 is 0 Å². The minimum absolute atomic E-state index is 0.115.